The Hall–Kier alpha value is -4.46. The zero-order chi connectivity index (χ0) is 21.2. The van der Waals surface area contributed by atoms with Gasteiger partial charge in [-0.15, -0.1) is 10.2 Å². The summed E-state index contributed by atoms with van der Waals surface area (Å²) >= 11 is 0. The number of carbonyl (C=O) groups excluding carboxylic acids is 1. The number of ether oxygens (including phenoxy) is 2. The van der Waals surface area contributed by atoms with Crippen LogP contribution in [0.25, 0.3) is 16.7 Å². The van der Waals surface area contributed by atoms with Crippen molar-refractivity contribution in [1.82, 2.24) is 19.6 Å². The first kappa shape index (κ1) is 18.6. The van der Waals surface area contributed by atoms with Gasteiger partial charge in [-0.3, -0.25) is 9.20 Å². The molecule has 0 aliphatic rings. The minimum atomic E-state index is -0.250. The number of aromatic nitrogens is 4. The van der Waals surface area contributed by atoms with Crippen molar-refractivity contribution in [1.29, 1.82) is 0 Å². The van der Waals surface area contributed by atoms with Crippen LogP contribution in [0.15, 0.2) is 79.1 Å². The third kappa shape index (κ3) is 3.62. The maximum Gasteiger partial charge on any atom is 0.266 e. The van der Waals surface area contributed by atoms with Crippen LogP contribution in [0.3, 0.4) is 0 Å². The van der Waals surface area contributed by atoms with E-state index < -0.39 is 0 Å². The molecule has 0 saturated carbocycles. The smallest absolute Gasteiger partial charge is 0.266 e. The second-order valence-electron chi connectivity index (χ2n) is 6.75. The van der Waals surface area contributed by atoms with Crippen molar-refractivity contribution in [3.8, 4) is 17.4 Å². The van der Waals surface area contributed by atoms with Crippen LogP contribution < -0.4 is 14.8 Å². The fraction of sp³-hybridized carbons (Fsp3) is 0.0435. The van der Waals surface area contributed by atoms with Crippen LogP contribution in [0.5, 0.6) is 17.4 Å². The number of methoxy groups -OCH3 is 1. The molecule has 0 aliphatic heterocycles. The van der Waals surface area contributed by atoms with E-state index in [1.807, 2.05) is 28.7 Å². The summed E-state index contributed by atoms with van der Waals surface area (Å²) in [6.45, 7) is 0. The molecule has 2 aromatic heterocycles. The number of carbonyl (C=O) groups is 1. The molecule has 0 saturated heterocycles. The maximum absolute atomic E-state index is 12.6. The highest BCUT2D eigenvalue weighted by atomic mass is 16.5. The minimum Gasteiger partial charge on any atom is -0.497 e. The number of amides is 1. The molecule has 0 aliphatic carbocycles. The Morgan fingerprint density at radius 3 is 2.71 bits per heavy atom. The maximum atomic E-state index is 12.6. The van der Waals surface area contributed by atoms with E-state index in [1.54, 1.807) is 62.0 Å². The Morgan fingerprint density at radius 1 is 0.968 bits per heavy atom. The fourth-order valence-electron chi connectivity index (χ4n) is 3.26. The van der Waals surface area contributed by atoms with E-state index >= 15 is 0 Å². The quantitative estimate of drug-likeness (QED) is 0.463. The number of benzene rings is 3. The van der Waals surface area contributed by atoms with E-state index in [2.05, 4.69) is 20.5 Å². The van der Waals surface area contributed by atoms with Gasteiger partial charge in [-0.1, -0.05) is 24.3 Å². The molecular weight excluding hydrogens is 394 g/mol. The lowest BCUT2D eigenvalue weighted by atomic mass is 10.2. The van der Waals surface area contributed by atoms with Crippen molar-refractivity contribution in [2.45, 2.75) is 0 Å². The van der Waals surface area contributed by atoms with Gasteiger partial charge >= 0.3 is 0 Å². The molecule has 0 spiro atoms. The Kier molecular flexibility index (Phi) is 4.64. The van der Waals surface area contributed by atoms with E-state index in [9.17, 15) is 4.79 Å². The van der Waals surface area contributed by atoms with Crippen LogP contribution in [0.1, 0.15) is 10.4 Å². The van der Waals surface area contributed by atoms with Gasteiger partial charge in [0, 0.05) is 17.3 Å². The molecule has 5 aromatic rings. The van der Waals surface area contributed by atoms with E-state index in [4.69, 9.17) is 9.47 Å². The lowest BCUT2D eigenvalue weighted by Crippen LogP contribution is -2.11. The van der Waals surface area contributed by atoms with Crippen molar-refractivity contribution in [2.75, 3.05) is 12.4 Å². The molecule has 0 fully saturated rings. The van der Waals surface area contributed by atoms with Crippen LogP contribution in [0.2, 0.25) is 0 Å². The first-order valence-electron chi connectivity index (χ1n) is 9.53. The van der Waals surface area contributed by atoms with Crippen molar-refractivity contribution in [3.05, 3.63) is 84.7 Å². The van der Waals surface area contributed by atoms with Gasteiger partial charge in [0.2, 0.25) is 5.65 Å². The lowest BCUT2D eigenvalue weighted by Gasteiger charge is -2.10. The molecule has 0 atom stereocenters. The third-order valence-corrected chi connectivity index (χ3v) is 4.74. The van der Waals surface area contributed by atoms with Crippen molar-refractivity contribution >= 4 is 28.3 Å². The number of nitrogens with one attached hydrogen (secondary N) is 1. The summed E-state index contributed by atoms with van der Waals surface area (Å²) in [5.74, 6) is 1.20. The molecule has 0 bridgehead atoms. The summed E-state index contributed by atoms with van der Waals surface area (Å²) in [5.41, 5.74) is 3.22. The van der Waals surface area contributed by atoms with Gasteiger partial charge in [0.25, 0.3) is 11.8 Å². The first-order valence-corrected chi connectivity index (χ1v) is 9.53. The number of rotatable bonds is 5. The highest BCUT2D eigenvalue weighted by Gasteiger charge is 2.13. The zero-order valence-corrected chi connectivity index (χ0v) is 16.5. The van der Waals surface area contributed by atoms with Gasteiger partial charge in [-0.25, -0.2) is 4.98 Å². The first-order chi connectivity index (χ1) is 15.2. The summed E-state index contributed by atoms with van der Waals surface area (Å²) in [6.07, 6.45) is 1.62. The third-order valence-electron chi connectivity index (χ3n) is 4.74. The highest BCUT2D eigenvalue weighted by molar-refractivity contribution is 6.04. The summed E-state index contributed by atoms with van der Waals surface area (Å²) in [4.78, 5) is 17.2. The predicted octanol–water partition coefficient (Wildman–Crippen LogP) is 4.33. The number of hydrogen-bond acceptors (Lipinski definition) is 6. The Labute approximate surface area is 177 Å². The molecule has 152 valence electrons. The Morgan fingerprint density at radius 2 is 1.81 bits per heavy atom. The Balaban J connectivity index is 1.43. The largest absolute Gasteiger partial charge is 0.497 e. The monoisotopic (exact) mass is 411 g/mol. The molecule has 5 rings (SSSR count). The average Bonchev–Trinajstić information content (AvgIpc) is 3.30. The summed E-state index contributed by atoms with van der Waals surface area (Å²) < 4.78 is 13.0. The van der Waals surface area contributed by atoms with Gasteiger partial charge < -0.3 is 14.8 Å². The molecule has 31 heavy (non-hydrogen) atoms. The second-order valence-corrected chi connectivity index (χ2v) is 6.75. The molecule has 1 N–H and O–H groups in total. The van der Waals surface area contributed by atoms with Crippen molar-refractivity contribution in [2.24, 2.45) is 0 Å². The van der Waals surface area contributed by atoms with Gasteiger partial charge in [0.15, 0.2) is 0 Å². The van der Waals surface area contributed by atoms with Crippen LogP contribution >= 0.6 is 0 Å². The summed E-state index contributed by atoms with van der Waals surface area (Å²) in [5, 5.41) is 11.0. The molecule has 8 heteroatoms. The predicted molar refractivity (Wildman–Crippen MR) is 116 cm³/mol. The Bertz CT molecular complexity index is 1410. The van der Waals surface area contributed by atoms with E-state index in [1.165, 1.54) is 0 Å². The molecule has 2 heterocycles. The number of fused-ring (bicyclic) bond motifs is 3. The number of anilines is 1. The van der Waals surface area contributed by atoms with Gasteiger partial charge in [0.1, 0.15) is 17.8 Å². The van der Waals surface area contributed by atoms with E-state index in [0.717, 1.165) is 11.0 Å². The molecule has 3 aromatic carbocycles. The highest BCUT2D eigenvalue weighted by Crippen LogP contribution is 2.28. The number of para-hydroxylation sites is 2. The van der Waals surface area contributed by atoms with Crippen LogP contribution in [0, 0.1) is 0 Å². The van der Waals surface area contributed by atoms with Gasteiger partial charge in [-0.2, -0.15) is 0 Å². The normalized spacial score (nSPS) is 10.9. The zero-order valence-electron chi connectivity index (χ0n) is 16.5. The number of hydrogen-bond donors (Lipinski definition) is 1. The molecule has 0 radical (unpaired) electrons. The molecular formula is C23H17N5O3. The van der Waals surface area contributed by atoms with Crippen LogP contribution in [-0.4, -0.2) is 32.6 Å². The van der Waals surface area contributed by atoms with E-state index in [0.29, 0.717) is 34.3 Å². The van der Waals surface area contributed by atoms with Gasteiger partial charge in [-0.05, 0) is 42.5 Å². The summed E-state index contributed by atoms with van der Waals surface area (Å²) in [7, 11) is 1.56. The molecule has 1 amide bonds. The van der Waals surface area contributed by atoms with Gasteiger partial charge in [0.05, 0.1) is 18.1 Å². The lowest BCUT2D eigenvalue weighted by molar-refractivity contribution is 0.102. The topological polar surface area (TPSA) is 90.6 Å². The number of nitrogens with zero attached hydrogens (tertiary/aromatic N) is 4. The minimum absolute atomic E-state index is 0.250. The standard InChI is InChI=1S/C23H17N5O3/c1-30-17-8-4-6-15(12-17)22(29)25-16-7-5-9-18(13-16)31-23-21-27-24-14-28(21)20-11-3-2-10-19(20)26-23/h2-14H,1H3,(H,25,29). The SMILES string of the molecule is COc1cccc(C(=O)Nc2cccc(Oc3nc4ccccc4n4cnnc34)c2)c1. The fourth-order valence-corrected chi connectivity index (χ4v) is 3.26. The van der Waals surface area contributed by atoms with Crippen LogP contribution in [0.4, 0.5) is 5.69 Å². The summed E-state index contributed by atoms with van der Waals surface area (Å²) in [6, 6.07) is 21.7. The van der Waals surface area contributed by atoms with Crippen LogP contribution in [-0.2, 0) is 0 Å². The molecule has 0 unspecified atom stereocenters. The van der Waals surface area contributed by atoms with E-state index in [-0.39, 0.29) is 5.91 Å². The van der Waals surface area contributed by atoms with Crippen molar-refractivity contribution in [3.63, 3.8) is 0 Å². The second kappa shape index (κ2) is 7.75. The average molecular weight is 411 g/mol. The van der Waals surface area contributed by atoms with Crippen molar-refractivity contribution < 1.29 is 14.3 Å². The molecule has 8 nitrogen and oxygen atoms in total.